The first-order chi connectivity index (χ1) is 12.5. The Labute approximate surface area is 157 Å². The second-order valence-electron chi connectivity index (χ2n) is 5.54. The summed E-state index contributed by atoms with van der Waals surface area (Å²) in [5.41, 5.74) is 1.57. The van der Waals surface area contributed by atoms with Crippen molar-refractivity contribution in [3.05, 3.63) is 62.9 Å². The van der Waals surface area contributed by atoms with Crippen LogP contribution < -0.4 is 5.32 Å². The molecule has 0 aliphatic carbocycles. The van der Waals surface area contributed by atoms with Crippen molar-refractivity contribution in [2.24, 2.45) is 0 Å². The number of nitrogens with one attached hydrogen (secondary N) is 1. The summed E-state index contributed by atoms with van der Waals surface area (Å²) in [6.07, 6.45) is 1.83. The summed E-state index contributed by atoms with van der Waals surface area (Å²) in [5.74, 6) is -0.929. The third-order valence-corrected chi connectivity index (χ3v) is 5.28. The van der Waals surface area contributed by atoms with Crippen LogP contribution in [0.1, 0.15) is 11.1 Å². The van der Waals surface area contributed by atoms with Gasteiger partial charge in [0.1, 0.15) is 5.82 Å². The third-order valence-electron chi connectivity index (χ3n) is 3.64. The van der Waals surface area contributed by atoms with Crippen molar-refractivity contribution in [2.45, 2.75) is 6.42 Å². The molecule has 0 unspecified atom stereocenters. The number of rotatable bonds is 6. The number of carbonyl (C=O) groups excluding carboxylic acids is 3. The summed E-state index contributed by atoms with van der Waals surface area (Å²) in [4.78, 5) is 37.6. The number of thioether (sulfide) groups is 1. The Morgan fingerprint density at radius 3 is 2.65 bits per heavy atom. The van der Waals surface area contributed by atoms with Crippen LogP contribution in [-0.2, 0) is 16.0 Å². The van der Waals surface area contributed by atoms with Crippen molar-refractivity contribution in [1.82, 2.24) is 10.2 Å². The van der Waals surface area contributed by atoms with Crippen LogP contribution in [0.2, 0.25) is 0 Å². The average molecular weight is 390 g/mol. The number of hydrogen-bond donors (Lipinski definition) is 1. The van der Waals surface area contributed by atoms with Crippen molar-refractivity contribution >= 4 is 46.2 Å². The number of nitrogens with zero attached hydrogens (tertiary/aromatic N) is 1. The fourth-order valence-corrected chi connectivity index (χ4v) is 3.89. The van der Waals surface area contributed by atoms with E-state index >= 15 is 0 Å². The molecule has 8 heteroatoms. The summed E-state index contributed by atoms with van der Waals surface area (Å²) < 4.78 is 12.9. The van der Waals surface area contributed by atoms with Crippen molar-refractivity contribution in [2.75, 3.05) is 13.1 Å². The molecule has 1 fully saturated rings. The van der Waals surface area contributed by atoms with E-state index < -0.39 is 5.91 Å². The molecule has 1 saturated heterocycles. The minimum Gasteiger partial charge on any atom is -0.354 e. The molecule has 5 nitrogen and oxygen atoms in total. The Morgan fingerprint density at radius 1 is 1.19 bits per heavy atom. The van der Waals surface area contributed by atoms with Crippen LogP contribution >= 0.6 is 23.1 Å². The number of carbonyl (C=O) groups is 3. The first kappa shape index (κ1) is 18.3. The lowest BCUT2D eigenvalue weighted by atomic mass is 10.2. The van der Waals surface area contributed by atoms with E-state index in [1.54, 1.807) is 6.08 Å². The second kappa shape index (κ2) is 8.29. The monoisotopic (exact) mass is 390 g/mol. The molecule has 3 rings (SSSR count). The number of imide groups is 1. The number of benzene rings is 1. The quantitative estimate of drug-likeness (QED) is 0.769. The molecule has 2 aromatic rings. The highest BCUT2D eigenvalue weighted by atomic mass is 32.2. The number of amides is 3. The summed E-state index contributed by atoms with van der Waals surface area (Å²) in [5, 5.41) is 6.13. The minimum absolute atomic E-state index is 0.112. The molecule has 0 radical (unpaired) electrons. The van der Waals surface area contributed by atoms with Gasteiger partial charge in [-0.15, -0.1) is 0 Å². The molecule has 0 spiro atoms. The van der Waals surface area contributed by atoms with Crippen LogP contribution in [0.5, 0.6) is 0 Å². The van der Waals surface area contributed by atoms with E-state index in [1.807, 2.05) is 16.8 Å². The van der Waals surface area contributed by atoms with E-state index in [9.17, 15) is 18.8 Å². The molecule has 26 heavy (non-hydrogen) atoms. The van der Waals surface area contributed by atoms with E-state index in [0.29, 0.717) is 5.56 Å². The van der Waals surface area contributed by atoms with Crippen LogP contribution in [0, 0.1) is 5.82 Å². The van der Waals surface area contributed by atoms with Crippen LogP contribution in [0.4, 0.5) is 9.18 Å². The molecule has 1 N–H and O–H groups in total. The lowest BCUT2D eigenvalue weighted by molar-refractivity contribution is -0.124. The molecule has 134 valence electrons. The standard InChI is InChI=1S/C18H15FN2O3S2/c19-14-3-1-12(2-4-14)9-15-17(23)21(18(24)26-15)7-6-20-16(22)10-13-5-8-25-11-13/h1-5,8-9,11H,6-7,10H2,(H,20,22). The van der Waals surface area contributed by atoms with Gasteiger partial charge in [-0.2, -0.15) is 11.3 Å². The molecule has 1 aliphatic rings. The molecule has 0 atom stereocenters. The molecule has 1 aliphatic heterocycles. The topological polar surface area (TPSA) is 66.5 Å². The zero-order valence-corrected chi connectivity index (χ0v) is 15.2. The van der Waals surface area contributed by atoms with Gasteiger partial charge in [-0.25, -0.2) is 4.39 Å². The van der Waals surface area contributed by atoms with Gasteiger partial charge >= 0.3 is 0 Å². The van der Waals surface area contributed by atoms with Gasteiger partial charge in [-0.1, -0.05) is 12.1 Å². The smallest absolute Gasteiger partial charge is 0.293 e. The fourth-order valence-electron chi connectivity index (χ4n) is 2.35. The van der Waals surface area contributed by atoms with E-state index in [4.69, 9.17) is 0 Å². The van der Waals surface area contributed by atoms with E-state index in [1.165, 1.54) is 35.6 Å². The van der Waals surface area contributed by atoms with Crippen molar-refractivity contribution in [1.29, 1.82) is 0 Å². The molecule has 2 heterocycles. The first-order valence-corrected chi connectivity index (χ1v) is 9.57. The van der Waals surface area contributed by atoms with Gasteiger partial charge in [0.15, 0.2) is 0 Å². The van der Waals surface area contributed by atoms with Crippen LogP contribution in [-0.4, -0.2) is 35.0 Å². The Morgan fingerprint density at radius 2 is 1.96 bits per heavy atom. The van der Waals surface area contributed by atoms with E-state index in [2.05, 4.69) is 5.32 Å². The molecule has 1 aromatic carbocycles. The van der Waals surface area contributed by atoms with E-state index in [0.717, 1.165) is 22.2 Å². The Hall–Kier alpha value is -2.45. The average Bonchev–Trinajstić information content (AvgIpc) is 3.20. The molecule has 1 aromatic heterocycles. The summed E-state index contributed by atoms with van der Waals surface area (Å²) in [6.45, 7) is 0.311. The highest BCUT2D eigenvalue weighted by Gasteiger charge is 2.34. The number of hydrogen-bond acceptors (Lipinski definition) is 5. The minimum atomic E-state index is -0.406. The Bertz CT molecular complexity index is 848. The maximum atomic E-state index is 12.9. The predicted molar refractivity (Wildman–Crippen MR) is 100 cm³/mol. The number of thiophene rings is 1. The largest absolute Gasteiger partial charge is 0.354 e. The van der Waals surface area contributed by atoms with Gasteiger partial charge < -0.3 is 5.32 Å². The number of halogens is 1. The maximum Gasteiger partial charge on any atom is 0.293 e. The molecular formula is C18H15FN2O3S2. The van der Waals surface area contributed by atoms with Crippen LogP contribution in [0.25, 0.3) is 6.08 Å². The van der Waals surface area contributed by atoms with Gasteiger partial charge in [0.05, 0.1) is 11.3 Å². The molecular weight excluding hydrogens is 375 g/mol. The Kier molecular flexibility index (Phi) is 5.85. The lowest BCUT2D eigenvalue weighted by Crippen LogP contribution is -2.37. The maximum absolute atomic E-state index is 12.9. The lowest BCUT2D eigenvalue weighted by Gasteiger charge is -2.12. The molecule has 0 saturated carbocycles. The molecule has 0 bridgehead atoms. The molecule has 3 amide bonds. The van der Waals surface area contributed by atoms with Crippen molar-refractivity contribution in [3.63, 3.8) is 0 Å². The highest BCUT2D eigenvalue weighted by molar-refractivity contribution is 8.18. The van der Waals surface area contributed by atoms with Gasteiger partial charge in [-0.05, 0) is 57.9 Å². The van der Waals surface area contributed by atoms with E-state index in [-0.39, 0.29) is 41.4 Å². The predicted octanol–water partition coefficient (Wildman–Crippen LogP) is 3.28. The van der Waals surface area contributed by atoms with Gasteiger partial charge in [0.2, 0.25) is 5.91 Å². The van der Waals surface area contributed by atoms with Gasteiger partial charge in [0, 0.05) is 13.1 Å². The Balaban J connectivity index is 1.54. The zero-order valence-electron chi connectivity index (χ0n) is 13.6. The zero-order chi connectivity index (χ0) is 18.5. The van der Waals surface area contributed by atoms with Gasteiger partial charge in [0.25, 0.3) is 11.1 Å². The van der Waals surface area contributed by atoms with Crippen LogP contribution in [0.3, 0.4) is 0 Å². The summed E-state index contributed by atoms with van der Waals surface area (Å²) >= 11 is 2.36. The van der Waals surface area contributed by atoms with Crippen molar-refractivity contribution < 1.29 is 18.8 Å². The third kappa shape index (κ3) is 4.59. The van der Waals surface area contributed by atoms with Crippen LogP contribution in [0.15, 0.2) is 46.0 Å². The fraction of sp³-hybridized carbons (Fsp3) is 0.167. The summed E-state index contributed by atoms with van der Waals surface area (Å²) in [6, 6.07) is 7.53. The highest BCUT2D eigenvalue weighted by Crippen LogP contribution is 2.31. The second-order valence-corrected chi connectivity index (χ2v) is 7.32. The normalized spacial score (nSPS) is 15.7. The summed E-state index contributed by atoms with van der Waals surface area (Å²) in [7, 11) is 0. The van der Waals surface area contributed by atoms with Crippen molar-refractivity contribution in [3.8, 4) is 0 Å². The van der Waals surface area contributed by atoms with Gasteiger partial charge in [-0.3, -0.25) is 19.3 Å². The first-order valence-electron chi connectivity index (χ1n) is 7.81. The SMILES string of the molecule is O=C(Cc1ccsc1)NCCN1C(=O)SC(=Cc2ccc(F)cc2)C1=O.